The van der Waals surface area contributed by atoms with Gasteiger partial charge in [-0.2, -0.15) is 0 Å². The van der Waals surface area contributed by atoms with Crippen LogP contribution in [0.3, 0.4) is 0 Å². The molecule has 0 atom stereocenters. The average molecular weight is 366 g/mol. The van der Waals surface area contributed by atoms with E-state index >= 15 is 0 Å². The highest BCUT2D eigenvalue weighted by molar-refractivity contribution is 5.99. The molecule has 0 saturated heterocycles. The minimum absolute atomic E-state index is 0.112. The Morgan fingerprint density at radius 3 is 2.31 bits per heavy atom. The van der Waals surface area contributed by atoms with Crippen LogP contribution in [0.1, 0.15) is 22.8 Å². The quantitative estimate of drug-likeness (QED) is 0.822. The van der Waals surface area contributed by atoms with Crippen molar-refractivity contribution in [2.45, 2.75) is 19.7 Å². The lowest BCUT2D eigenvalue weighted by molar-refractivity contribution is -0.274. The minimum atomic E-state index is -4.79. The van der Waals surface area contributed by atoms with E-state index in [1.165, 1.54) is 12.1 Å². The van der Waals surface area contributed by atoms with Crippen LogP contribution in [0, 0.1) is 0 Å². The SMILES string of the molecule is CCc1ccccc1NC(=O)CNC(=O)c1ccc(OC(F)(F)F)cc1. The summed E-state index contributed by atoms with van der Waals surface area (Å²) >= 11 is 0. The summed E-state index contributed by atoms with van der Waals surface area (Å²) in [5.74, 6) is -1.42. The molecule has 0 saturated carbocycles. The van der Waals surface area contributed by atoms with Gasteiger partial charge in [-0.25, -0.2) is 0 Å². The van der Waals surface area contributed by atoms with Crippen molar-refractivity contribution in [3.05, 3.63) is 59.7 Å². The Morgan fingerprint density at radius 2 is 1.69 bits per heavy atom. The van der Waals surface area contributed by atoms with Crippen molar-refractivity contribution >= 4 is 17.5 Å². The minimum Gasteiger partial charge on any atom is -0.406 e. The van der Waals surface area contributed by atoms with Crippen LogP contribution < -0.4 is 15.4 Å². The molecule has 2 N–H and O–H groups in total. The van der Waals surface area contributed by atoms with Crippen LogP contribution in [0.15, 0.2) is 48.5 Å². The summed E-state index contributed by atoms with van der Waals surface area (Å²) in [5, 5.41) is 5.11. The van der Waals surface area contributed by atoms with Gasteiger partial charge in [0.2, 0.25) is 5.91 Å². The van der Waals surface area contributed by atoms with E-state index in [0.717, 1.165) is 24.1 Å². The molecule has 0 unspecified atom stereocenters. The number of hydrogen-bond donors (Lipinski definition) is 2. The molecular weight excluding hydrogens is 349 g/mol. The number of benzene rings is 2. The molecule has 0 bridgehead atoms. The predicted octanol–water partition coefficient (Wildman–Crippen LogP) is 3.52. The fourth-order valence-corrected chi connectivity index (χ4v) is 2.22. The Bertz CT molecular complexity index is 774. The Hall–Kier alpha value is -3.03. The molecule has 0 aliphatic heterocycles. The monoisotopic (exact) mass is 366 g/mol. The first-order chi connectivity index (χ1) is 12.3. The Kier molecular flexibility index (Phi) is 6.21. The molecule has 2 amide bonds. The zero-order valence-electron chi connectivity index (χ0n) is 13.9. The number of rotatable bonds is 6. The highest BCUT2D eigenvalue weighted by Gasteiger charge is 2.31. The summed E-state index contributed by atoms with van der Waals surface area (Å²) < 4.78 is 40.0. The second-order valence-corrected chi connectivity index (χ2v) is 5.31. The highest BCUT2D eigenvalue weighted by atomic mass is 19.4. The van der Waals surface area contributed by atoms with Crippen molar-refractivity contribution < 1.29 is 27.5 Å². The molecule has 0 aromatic heterocycles. The van der Waals surface area contributed by atoms with Crippen LogP contribution in [0.25, 0.3) is 0 Å². The molecule has 5 nitrogen and oxygen atoms in total. The summed E-state index contributed by atoms with van der Waals surface area (Å²) in [6.07, 6.45) is -4.05. The third-order valence-electron chi connectivity index (χ3n) is 3.43. The third kappa shape index (κ3) is 5.80. The zero-order chi connectivity index (χ0) is 19.2. The Balaban J connectivity index is 1.88. The van der Waals surface area contributed by atoms with E-state index in [0.29, 0.717) is 5.69 Å². The smallest absolute Gasteiger partial charge is 0.406 e. The zero-order valence-corrected chi connectivity index (χ0v) is 13.9. The number of carbonyl (C=O) groups is 2. The van der Waals surface area contributed by atoms with Crippen molar-refractivity contribution in [3.63, 3.8) is 0 Å². The van der Waals surface area contributed by atoms with Gasteiger partial charge >= 0.3 is 6.36 Å². The number of amides is 2. The van der Waals surface area contributed by atoms with Crippen molar-refractivity contribution in [2.24, 2.45) is 0 Å². The van der Waals surface area contributed by atoms with E-state index in [-0.39, 0.29) is 12.1 Å². The molecule has 0 aliphatic rings. The molecule has 0 spiro atoms. The molecule has 2 aromatic carbocycles. The van der Waals surface area contributed by atoms with Crippen LogP contribution in [0.2, 0.25) is 0 Å². The molecule has 2 rings (SSSR count). The number of halogens is 3. The van der Waals surface area contributed by atoms with Crippen LogP contribution in [0.4, 0.5) is 18.9 Å². The van der Waals surface area contributed by atoms with Gasteiger partial charge in [-0.15, -0.1) is 13.2 Å². The molecule has 26 heavy (non-hydrogen) atoms. The van der Waals surface area contributed by atoms with E-state index in [4.69, 9.17) is 0 Å². The number of aryl methyl sites for hydroxylation is 1. The molecule has 138 valence electrons. The fraction of sp³-hybridized carbons (Fsp3) is 0.222. The molecule has 0 aliphatic carbocycles. The van der Waals surface area contributed by atoms with Crippen LogP contribution in [-0.2, 0) is 11.2 Å². The summed E-state index contributed by atoms with van der Waals surface area (Å²) in [7, 11) is 0. The van der Waals surface area contributed by atoms with Gasteiger partial charge in [-0.3, -0.25) is 9.59 Å². The highest BCUT2D eigenvalue weighted by Crippen LogP contribution is 2.22. The normalized spacial score (nSPS) is 10.9. The molecule has 8 heteroatoms. The summed E-state index contributed by atoms with van der Waals surface area (Å²) in [6, 6.07) is 11.7. The summed E-state index contributed by atoms with van der Waals surface area (Å²) in [6.45, 7) is 1.69. The van der Waals surface area contributed by atoms with E-state index in [1.54, 1.807) is 12.1 Å². The lowest BCUT2D eigenvalue weighted by atomic mass is 10.1. The van der Waals surface area contributed by atoms with Crippen molar-refractivity contribution in [2.75, 3.05) is 11.9 Å². The molecule has 0 radical (unpaired) electrons. The molecule has 0 fully saturated rings. The third-order valence-corrected chi connectivity index (χ3v) is 3.43. The molecular formula is C18H17F3N2O3. The maximum atomic E-state index is 12.1. The first-order valence-electron chi connectivity index (χ1n) is 7.80. The number of para-hydroxylation sites is 1. The topological polar surface area (TPSA) is 67.4 Å². The number of hydrogen-bond acceptors (Lipinski definition) is 3. The van der Waals surface area contributed by atoms with Crippen molar-refractivity contribution in [1.82, 2.24) is 5.32 Å². The van der Waals surface area contributed by atoms with E-state index in [9.17, 15) is 22.8 Å². The summed E-state index contributed by atoms with van der Waals surface area (Å²) in [5.41, 5.74) is 1.75. The van der Waals surface area contributed by atoms with Crippen LogP contribution >= 0.6 is 0 Å². The average Bonchev–Trinajstić information content (AvgIpc) is 2.59. The van der Waals surface area contributed by atoms with Gasteiger partial charge in [0.25, 0.3) is 5.91 Å². The maximum absolute atomic E-state index is 12.1. The number of anilines is 1. The maximum Gasteiger partial charge on any atom is 0.573 e. The van der Waals surface area contributed by atoms with Gasteiger partial charge in [-0.1, -0.05) is 25.1 Å². The van der Waals surface area contributed by atoms with Gasteiger partial charge in [0.15, 0.2) is 0 Å². The summed E-state index contributed by atoms with van der Waals surface area (Å²) in [4.78, 5) is 23.9. The van der Waals surface area contributed by atoms with Crippen LogP contribution in [0.5, 0.6) is 5.75 Å². The largest absolute Gasteiger partial charge is 0.573 e. The predicted molar refractivity (Wildman–Crippen MR) is 89.9 cm³/mol. The van der Waals surface area contributed by atoms with Gasteiger partial charge in [0, 0.05) is 11.3 Å². The van der Waals surface area contributed by atoms with Crippen molar-refractivity contribution in [3.8, 4) is 5.75 Å². The number of nitrogens with one attached hydrogen (secondary N) is 2. The molecule has 0 heterocycles. The van der Waals surface area contributed by atoms with Gasteiger partial charge in [0.05, 0.1) is 6.54 Å². The first-order valence-corrected chi connectivity index (χ1v) is 7.80. The number of ether oxygens (including phenoxy) is 1. The fourth-order valence-electron chi connectivity index (χ4n) is 2.22. The Labute approximate surface area is 148 Å². The van der Waals surface area contributed by atoms with E-state index < -0.39 is 23.9 Å². The van der Waals surface area contributed by atoms with Gasteiger partial charge < -0.3 is 15.4 Å². The van der Waals surface area contributed by atoms with Gasteiger partial charge in [0.1, 0.15) is 5.75 Å². The molecule has 2 aromatic rings. The second kappa shape index (κ2) is 8.37. The Morgan fingerprint density at radius 1 is 1.04 bits per heavy atom. The standard InChI is InChI=1S/C18H17F3N2O3/c1-2-12-5-3-4-6-15(12)23-16(24)11-22-17(25)13-7-9-14(10-8-13)26-18(19,20)21/h3-10H,2,11H2,1H3,(H,22,25)(H,23,24). The first kappa shape index (κ1) is 19.3. The lowest BCUT2D eigenvalue weighted by Gasteiger charge is -2.11. The van der Waals surface area contributed by atoms with Gasteiger partial charge in [-0.05, 0) is 42.3 Å². The second-order valence-electron chi connectivity index (χ2n) is 5.31. The van der Waals surface area contributed by atoms with Crippen LogP contribution in [-0.4, -0.2) is 24.7 Å². The van der Waals surface area contributed by atoms with E-state index in [2.05, 4.69) is 15.4 Å². The van der Waals surface area contributed by atoms with E-state index in [1.807, 2.05) is 19.1 Å². The lowest BCUT2D eigenvalue weighted by Crippen LogP contribution is -2.33. The van der Waals surface area contributed by atoms with Crippen molar-refractivity contribution in [1.29, 1.82) is 0 Å². The number of alkyl halides is 3. The number of carbonyl (C=O) groups excluding carboxylic acids is 2.